The molecule has 0 fully saturated rings. The van der Waals surface area contributed by atoms with Gasteiger partial charge in [0.2, 0.25) is 0 Å². The number of aromatic nitrogens is 2. The summed E-state index contributed by atoms with van der Waals surface area (Å²) in [6.45, 7) is 13.7. The fourth-order valence-electron chi connectivity index (χ4n) is 2.15. The van der Waals surface area contributed by atoms with E-state index in [9.17, 15) is 0 Å². The topological polar surface area (TPSA) is 29.9 Å². The highest BCUT2D eigenvalue weighted by molar-refractivity contribution is 9.10. The van der Waals surface area contributed by atoms with E-state index in [1.807, 2.05) is 11.6 Å². The van der Waals surface area contributed by atoms with Gasteiger partial charge in [0, 0.05) is 22.3 Å². The van der Waals surface area contributed by atoms with Crippen molar-refractivity contribution in [2.45, 2.75) is 53.6 Å². The Morgan fingerprint density at radius 1 is 1.19 bits per heavy atom. The molecule has 0 unspecified atom stereocenters. The quantitative estimate of drug-likeness (QED) is 0.886. The fraction of sp³-hybridized carbons (Fsp3) is 0.471. The largest absolute Gasteiger partial charge is 0.308 e. The molecule has 0 aliphatic carbocycles. The van der Waals surface area contributed by atoms with Crippen molar-refractivity contribution in [2.75, 3.05) is 0 Å². The van der Waals surface area contributed by atoms with Gasteiger partial charge in [-0.2, -0.15) is 5.10 Å². The molecule has 1 heterocycles. The molecule has 0 spiro atoms. The summed E-state index contributed by atoms with van der Waals surface area (Å²) in [7, 11) is 0. The highest BCUT2D eigenvalue weighted by Gasteiger charge is 2.13. The first kappa shape index (κ1) is 16.2. The van der Waals surface area contributed by atoms with E-state index in [1.165, 1.54) is 16.8 Å². The molecule has 0 amide bonds. The van der Waals surface area contributed by atoms with Crippen molar-refractivity contribution < 1.29 is 0 Å². The molecule has 0 aliphatic rings. The number of benzene rings is 1. The van der Waals surface area contributed by atoms with Crippen LogP contribution in [0.3, 0.4) is 0 Å². The Kier molecular flexibility index (Phi) is 4.59. The molecular formula is C17H24BrN3. The predicted octanol–water partition coefficient (Wildman–Crippen LogP) is 4.45. The van der Waals surface area contributed by atoms with E-state index >= 15 is 0 Å². The second-order valence-corrected chi connectivity index (χ2v) is 7.45. The highest BCUT2D eigenvalue weighted by atomic mass is 79.9. The van der Waals surface area contributed by atoms with Crippen molar-refractivity contribution in [1.29, 1.82) is 0 Å². The van der Waals surface area contributed by atoms with Crippen molar-refractivity contribution >= 4 is 15.9 Å². The predicted molar refractivity (Wildman–Crippen MR) is 92.1 cm³/mol. The van der Waals surface area contributed by atoms with Crippen LogP contribution in [0.4, 0.5) is 0 Å². The van der Waals surface area contributed by atoms with Gasteiger partial charge in [-0.05, 0) is 80.7 Å². The van der Waals surface area contributed by atoms with Crippen LogP contribution in [0.5, 0.6) is 0 Å². The van der Waals surface area contributed by atoms with E-state index in [0.29, 0.717) is 0 Å². The summed E-state index contributed by atoms with van der Waals surface area (Å²) < 4.78 is 3.08. The zero-order valence-corrected chi connectivity index (χ0v) is 15.3. The van der Waals surface area contributed by atoms with Crippen LogP contribution in [0, 0.1) is 20.8 Å². The van der Waals surface area contributed by atoms with Crippen LogP contribution in [0.25, 0.3) is 5.69 Å². The normalized spacial score (nSPS) is 12.0. The average Bonchev–Trinajstić information content (AvgIpc) is 2.63. The van der Waals surface area contributed by atoms with Gasteiger partial charge in [0.05, 0.1) is 11.4 Å². The first-order chi connectivity index (χ1) is 9.69. The minimum Gasteiger partial charge on any atom is -0.308 e. The zero-order valence-electron chi connectivity index (χ0n) is 13.7. The third-order valence-corrected chi connectivity index (χ3v) is 4.35. The summed E-state index contributed by atoms with van der Waals surface area (Å²) in [6, 6.07) is 6.45. The SMILES string of the molecule is Cc1nn(-c2ccc(CNC(C)(C)C)cc2Br)c(C)c1C. The maximum absolute atomic E-state index is 4.63. The molecule has 21 heavy (non-hydrogen) atoms. The second-order valence-electron chi connectivity index (χ2n) is 6.60. The van der Waals surface area contributed by atoms with E-state index in [1.54, 1.807) is 0 Å². The molecule has 1 aromatic carbocycles. The number of aryl methyl sites for hydroxylation is 1. The Morgan fingerprint density at radius 3 is 2.33 bits per heavy atom. The molecule has 3 nitrogen and oxygen atoms in total. The van der Waals surface area contributed by atoms with Gasteiger partial charge in [0.25, 0.3) is 0 Å². The fourth-order valence-corrected chi connectivity index (χ4v) is 2.75. The molecule has 2 aromatic rings. The van der Waals surface area contributed by atoms with E-state index in [-0.39, 0.29) is 5.54 Å². The number of halogens is 1. The first-order valence-electron chi connectivity index (χ1n) is 7.25. The van der Waals surface area contributed by atoms with Crippen LogP contribution in [-0.4, -0.2) is 15.3 Å². The summed E-state index contributed by atoms with van der Waals surface area (Å²) in [4.78, 5) is 0. The Bertz CT molecular complexity index is 651. The number of nitrogens with zero attached hydrogens (tertiary/aromatic N) is 2. The Morgan fingerprint density at radius 2 is 1.86 bits per heavy atom. The summed E-state index contributed by atoms with van der Waals surface area (Å²) in [5.41, 5.74) is 5.99. The number of nitrogens with one attached hydrogen (secondary N) is 1. The van der Waals surface area contributed by atoms with Gasteiger partial charge in [0.1, 0.15) is 0 Å². The molecule has 4 heteroatoms. The van der Waals surface area contributed by atoms with Crippen LogP contribution >= 0.6 is 15.9 Å². The Hall–Kier alpha value is -1.13. The van der Waals surface area contributed by atoms with Gasteiger partial charge in [-0.3, -0.25) is 0 Å². The van der Waals surface area contributed by atoms with Crippen LogP contribution in [0.15, 0.2) is 22.7 Å². The number of hydrogen-bond donors (Lipinski definition) is 1. The standard InChI is InChI=1S/C17H24BrN3/c1-11-12(2)20-21(13(11)3)16-8-7-14(9-15(16)18)10-19-17(4,5)6/h7-9,19H,10H2,1-6H3. The van der Waals surface area contributed by atoms with Gasteiger partial charge >= 0.3 is 0 Å². The summed E-state index contributed by atoms with van der Waals surface area (Å²) in [6.07, 6.45) is 0. The molecule has 0 radical (unpaired) electrons. The molecule has 0 atom stereocenters. The highest BCUT2D eigenvalue weighted by Crippen LogP contribution is 2.25. The lowest BCUT2D eigenvalue weighted by molar-refractivity contribution is 0.424. The molecule has 1 N–H and O–H groups in total. The van der Waals surface area contributed by atoms with Crippen LogP contribution in [0.1, 0.15) is 43.3 Å². The van der Waals surface area contributed by atoms with E-state index in [4.69, 9.17) is 0 Å². The maximum atomic E-state index is 4.63. The van der Waals surface area contributed by atoms with Gasteiger partial charge in [-0.15, -0.1) is 0 Å². The number of rotatable bonds is 3. The Balaban J connectivity index is 2.29. The van der Waals surface area contributed by atoms with E-state index in [2.05, 4.69) is 79.2 Å². The van der Waals surface area contributed by atoms with Crippen LogP contribution in [-0.2, 0) is 6.54 Å². The van der Waals surface area contributed by atoms with E-state index in [0.717, 1.165) is 22.4 Å². The van der Waals surface area contributed by atoms with Crippen molar-refractivity contribution in [3.05, 3.63) is 45.2 Å². The van der Waals surface area contributed by atoms with Crippen molar-refractivity contribution in [2.24, 2.45) is 0 Å². The summed E-state index contributed by atoms with van der Waals surface area (Å²) >= 11 is 3.68. The van der Waals surface area contributed by atoms with Gasteiger partial charge in [-0.25, -0.2) is 4.68 Å². The average molecular weight is 350 g/mol. The minimum absolute atomic E-state index is 0.123. The van der Waals surface area contributed by atoms with Crippen LogP contribution in [0.2, 0.25) is 0 Å². The molecule has 1 aromatic heterocycles. The monoisotopic (exact) mass is 349 g/mol. The number of hydrogen-bond acceptors (Lipinski definition) is 2. The maximum Gasteiger partial charge on any atom is 0.0791 e. The third kappa shape index (κ3) is 3.74. The zero-order chi connectivity index (χ0) is 15.8. The molecule has 0 aliphatic heterocycles. The van der Waals surface area contributed by atoms with E-state index < -0.39 is 0 Å². The van der Waals surface area contributed by atoms with Gasteiger partial charge in [-0.1, -0.05) is 6.07 Å². The second kappa shape index (κ2) is 5.93. The Labute approximate surface area is 135 Å². The van der Waals surface area contributed by atoms with Gasteiger partial charge < -0.3 is 5.32 Å². The van der Waals surface area contributed by atoms with Crippen molar-refractivity contribution in [3.63, 3.8) is 0 Å². The lowest BCUT2D eigenvalue weighted by atomic mass is 10.1. The summed E-state index contributed by atoms with van der Waals surface area (Å²) in [5, 5.41) is 8.13. The molecule has 114 valence electrons. The molecular weight excluding hydrogens is 326 g/mol. The lowest BCUT2D eigenvalue weighted by Gasteiger charge is -2.21. The van der Waals surface area contributed by atoms with Gasteiger partial charge in [0.15, 0.2) is 0 Å². The van der Waals surface area contributed by atoms with Crippen molar-refractivity contribution in [1.82, 2.24) is 15.1 Å². The smallest absolute Gasteiger partial charge is 0.0791 e. The van der Waals surface area contributed by atoms with Crippen molar-refractivity contribution in [3.8, 4) is 5.69 Å². The first-order valence-corrected chi connectivity index (χ1v) is 8.05. The molecule has 0 saturated heterocycles. The summed E-state index contributed by atoms with van der Waals surface area (Å²) in [5.74, 6) is 0. The molecule has 0 saturated carbocycles. The molecule has 0 bridgehead atoms. The third-order valence-electron chi connectivity index (χ3n) is 3.72. The minimum atomic E-state index is 0.123. The molecule has 2 rings (SSSR count). The lowest BCUT2D eigenvalue weighted by Crippen LogP contribution is -2.35. The van der Waals surface area contributed by atoms with Crippen LogP contribution < -0.4 is 5.32 Å².